The van der Waals surface area contributed by atoms with Gasteiger partial charge in [-0.1, -0.05) is 48.5 Å². The monoisotopic (exact) mass is 473 g/mol. The maximum absolute atomic E-state index is 13.5. The van der Waals surface area contributed by atoms with Crippen molar-refractivity contribution in [3.63, 3.8) is 0 Å². The molecule has 2 heterocycles. The topological polar surface area (TPSA) is 73.1 Å². The van der Waals surface area contributed by atoms with E-state index in [1.807, 2.05) is 61.5 Å². The number of rotatable bonds is 6. The van der Waals surface area contributed by atoms with Crippen LogP contribution in [0.1, 0.15) is 34.4 Å². The number of anilines is 1. The third-order valence-corrected chi connectivity index (χ3v) is 7.82. The van der Waals surface area contributed by atoms with Gasteiger partial charge in [0.05, 0.1) is 5.39 Å². The fourth-order valence-corrected chi connectivity index (χ4v) is 6.06. The first kappa shape index (κ1) is 22.3. The number of nitrogens with one attached hydrogen (secondary N) is 1. The Bertz CT molecular complexity index is 1480. The minimum atomic E-state index is -0.424. The molecular weight excluding hydrogens is 446 g/mol. The number of fused-ring (bicyclic) bond motifs is 3. The van der Waals surface area contributed by atoms with E-state index in [1.54, 1.807) is 0 Å². The summed E-state index contributed by atoms with van der Waals surface area (Å²) in [7, 11) is 0. The van der Waals surface area contributed by atoms with Crippen molar-refractivity contribution in [3.05, 3.63) is 97.0 Å². The first-order valence-corrected chi connectivity index (χ1v) is 12.5. The van der Waals surface area contributed by atoms with Gasteiger partial charge in [0, 0.05) is 17.1 Å². The van der Waals surface area contributed by atoms with E-state index >= 15 is 0 Å². The molecule has 34 heavy (non-hydrogen) atoms. The normalized spacial score (nSPS) is 13.1. The predicted octanol–water partition coefficient (Wildman–Crippen LogP) is 4.29. The average Bonchev–Trinajstić information content (AvgIpc) is 3.23. The molecule has 0 aliphatic heterocycles. The van der Waals surface area contributed by atoms with Crippen LogP contribution in [0.3, 0.4) is 0 Å². The molecule has 0 spiro atoms. The van der Waals surface area contributed by atoms with Crippen molar-refractivity contribution in [1.82, 2.24) is 9.13 Å². The van der Waals surface area contributed by atoms with Crippen molar-refractivity contribution in [2.24, 2.45) is 0 Å². The van der Waals surface area contributed by atoms with Gasteiger partial charge in [-0.2, -0.15) is 0 Å². The second-order valence-electron chi connectivity index (χ2n) is 8.82. The lowest BCUT2D eigenvalue weighted by Gasteiger charge is -2.14. The Morgan fingerprint density at radius 3 is 2.50 bits per heavy atom. The SMILES string of the molecule is Cc1ccccc1NC(=O)Cn1c(=O)n(CCc2ccccc2)c(=O)c2c3c(sc21)CCCC3. The summed E-state index contributed by atoms with van der Waals surface area (Å²) in [6.45, 7) is 2.08. The highest BCUT2D eigenvalue weighted by atomic mass is 32.1. The van der Waals surface area contributed by atoms with Gasteiger partial charge in [0.1, 0.15) is 11.4 Å². The van der Waals surface area contributed by atoms with Crippen LogP contribution < -0.4 is 16.6 Å². The highest BCUT2D eigenvalue weighted by molar-refractivity contribution is 7.18. The van der Waals surface area contributed by atoms with Crippen LogP contribution in [0.4, 0.5) is 5.69 Å². The summed E-state index contributed by atoms with van der Waals surface area (Å²) in [6.07, 6.45) is 4.46. The van der Waals surface area contributed by atoms with Gasteiger partial charge < -0.3 is 5.32 Å². The molecule has 0 bridgehead atoms. The lowest BCUT2D eigenvalue weighted by atomic mass is 9.97. The van der Waals surface area contributed by atoms with Gasteiger partial charge in [-0.25, -0.2) is 4.79 Å². The highest BCUT2D eigenvalue weighted by Crippen LogP contribution is 2.34. The van der Waals surface area contributed by atoms with E-state index in [4.69, 9.17) is 0 Å². The minimum Gasteiger partial charge on any atom is -0.324 e. The molecule has 0 fully saturated rings. The fraction of sp³-hybridized carbons (Fsp3) is 0.296. The highest BCUT2D eigenvalue weighted by Gasteiger charge is 2.24. The van der Waals surface area contributed by atoms with E-state index in [1.165, 1.54) is 25.3 Å². The molecule has 4 aromatic rings. The first-order chi connectivity index (χ1) is 16.5. The van der Waals surface area contributed by atoms with Crippen LogP contribution in [0, 0.1) is 6.92 Å². The standard InChI is InChI=1S/C27H27N3O3S/c1-18-9-5-7-13-21(18)28-23(31)17-30-26-24(20-12-6-8-14-22(20)34-26)25(32)29(27(30)33)16-15-19-10-3-2-4-11-19/h2-5,7,9-11,13H,6,8,12,14-17H2,1H3,(H,28,31). The predicted molar refractivity (Wildman–Crippen MR) is 137 cm³/mol. The lowest BCUT2D eigenvalue weighted by Crippen LogP contribution is -2.42. The van der Waals surface area contributed by atoms with E-state index in [0.29, 0.717) is 16.6 Å². The van der Waals surface area contributed by atoms with Gasteiger partial charge in [0.15, 0.2) is 0 Å². The molecule has 5 rings (SSSR count). The summed E-state index contributed by atoms with van der Waals surface area (Å²) in [5.41, 5.74) is 3.15. The third-order valence-electron chi connectivity index (χ3n) is 6.51. The van der Waals surface area contributed by atoms with E-state index in [9.17, 15) is 14.4 Å². The van der Waals surface area contributed by atoms with Crippen molar-refractivity contribution < 1.29 is 4.79 Å². The van der Waals surface area contributed by atoms with Crippen LogP contribution in [-0.2, 0) is 37.1 Å². The number of aromatic nitrogens is 2. The number of carbonyl (C=O) groups excluding carboxylic acids is 1. The zero-order valence-electron chi connectivity index (χ0n) is 19.2. The van der Waals surface area contributed by atoms with Gasteiger partial charge in [0.25, 0.3) is 5.56 Å². The second-order valence-corrected chi connectivity index (χ2v) is 9.90. The van der Waals surface area contributed by atoms with Crippen molar-refractivity contribution in [3.8, 4) is 0 Å². The molecule has 2 aromatic heterocycles. The Balaban J connectivity index is 1.57. The number of thiophene rings is 1. The number of benzene rings is 2. The number of aryl methyl sites for hydroxylation is 4. The molecular formula is C27H27N3O3S. The third kappa shape index (κ3) is 4.23. The smallest absolute Gasteiger partial charge is 0.324 e. The molecule has 0 radical (unpaired) electrons. The van der Waals surface area contributed by atoms with Gasteiger partial charge in [-0.05, 0) is 61.8 Å². The van der Waals surface area contributed by atoms with Gasteiger partial charge in [0.2, 0.25) is 5.91 Å². The summed E-state index contributed by atoms with van der Waals surface area (Å²) >= 11 is 1.50. The Morgan fingerprint density at radius 1 is 0.971 bits per heavy atom. The fourth-order valence-electron chi connectivity index (χ4n) is 4.69. The molecule has 6 nitrogen and oxygen atoms in total. The molecule has 0 saturated heterocycles. The van der Waals surface area contributed by atoms with Crippen molar-refractivity contribution in [2.75, 3.05) is 5.32 Å². The van der Waals surface area contributed by atoms with E-state index in [2.05, 4.69) is 5.32 Å². The first-order valence-electron chi connectivity index (χ1n) is 11.7. The maximum Gasteiger partial charge on any atom is 0.332 e. The summed E-state index contributed by atoms with van der Waals surface area (Å²) < 4.78 is 2.82. The number of para-hydroxylation sites is 1. The largest absolute Gasteiger partial charge is 0.332 e. The Morgan fingerprint density at radius 2 is 1.71 bits per heavy atom. The molecule has 2 aromatic carbocycles. The molecule has 1 aliphatic carbocycles. The van der Waals surface area contributed by atoms with Crippen molar-refractivity contribution in [2.45, 2.75) is 52.1 Å². The summed E-state index contributed by atoms with van der Waals surface area (Å²) in [5.74, 6) is -0.280. The molecule has 1 amide bonds. The van der Waals surface area contributed by atoms with Gasteiger partial charge in [-0.3, -0.25) is 18.7 Å². The molecule has 0 unspecified atom stereocenters. The quantitative estimate of drug-likeness (QED) is 0.454. The molecule has 1 aliphatic rings. The summed E-state index contributed by atoms with van der Waals surface area (Å²) in [6, 6.07) is 17.4. The average molecular weight is 474 g/mol. The molecule has 7 heteroatoms. The Hall–Kier alpha value is -3.45. The maximum atomic E-state index is 13.5. The van der Waals surface area contributed by atoms with E-state index in [0.717, 1.165) is 48.1 Å². The number of hydrogen-bond donors (Lipinski definition) is 1. The number of hydrogen-bond acceptors (Lipinski definition) is 4. The van der Waals surface area contributed by atoms with Crippen LogP contribution in [0.5, 0.6) is 0 Å². The molecule has 174 valence electrons. The molecule has 0 atom stereocenters. The van der Waals surface area contributed by atoms with Crippen LogP contribution >= 0.6 is 11.3 Å². The van der Waals surface area contributed by atoms with Crippen molar-refractivity contribution >= 4 is 33.1 Å². The summed E-state index contributed by atoms with van der Waals surface area (Å²) in [5, 5.41) is 3.54. The van der Waals surface area contributed by atoms with Gasteiger partial charge in [-0.15, -0.1) is 11.3 Å². The van der Waals surface area contributed by atoms with Crippen LogP contribution in [-0.4, -0.2) is 15.0 Å². The molecule has 0 saturated carbocycles. The molecule has 1 N–H and O–H groups in total. The Labute approximate surface area is 201 Å². The van der Waals surface area contributed by atoms with Gasteiger partial charge >= 0.3 is 5.69 Å². The number of nitrogens with zero attached hydrogens (tertiary/aromatic N) is 2. The minimum absolute atomic E-state index is 0.130. The number of carbonyl (C=O) groups is 1. The summed E-state index contributed by atoms with van der Waals surface area (Å²) in [4.78, 5) is 41.9. The van der Waals surface area contributed by atoms with E-state index in [-0.39, 0.29) is 24.6 Å². The zero-order valence-corrected chi connectivity index (χ0v) is 20.0. The van der Waals surface area contributed by atoms with Crippen LogP contribution in [0.25, 0.3) is 10.2 Å². The van der Waals surface area contributed by atoms with E-state index < -0.39 is 5.69 Å². The second kappa shape index (κ2) is 9.43. The Kier molecular flexibility index (Phi) is 6.20. The number of amides is 1. The zero-order chi connectivity index (χ0) is 23.7. The van der Waals surface area contributed by atoms with Crippen LogP contribution in [0.15, 0.2) is 64.2 Å². The van der Waals surface area contributed by atoms with Crippen molar-refractivity contribution in [1.29, 1.82) is 0 Å². The van der Waals surface area contributed by atoms with Crippen LogP contribution in [0.2, 0.25) is 0 Å². The lowest BCUT2D eigenvalue weighted by molar-refractivity contribution is -0.116.